The molecule has 1 saturated heterocycles. The normalized spacial score (nSPS) is 15.4. The molecule has 0 saturated carbocycles. The smallest absolute Gasteiger partial charge is 0.248 e. The maximum Gasteiger partial charge on any atom is 0.248 e. The van der Waals surface area contributed by atoms with Crippen LogP contribution >= 0.6 is 11.6 Å². The molecule has 2 N–H and O–H groups in total. The van der Waals surface area contributed by atoms with Crippen LogP contribution in [-0.4, -0.2) is 47.0 Å². The van der Waals surface area contributed by atoms with E-state index in [4.69, 9.17) is 16.3 Å². The average Bonchev–Trinajstić information content (AvgIpc) is 2.93. The Bertz CT molecular complexity index is 1400. The Morgan fingerprint density at radius 1 is 1.08 bits per heavy atom. The van der Waals surface area contributed by atoms with E-state index in [1.807, 2.05) is 60.7 Å². The number of carbonyl (C=O) groups is 1. The Labute approximate surface area is 220 Å². The number of nitrogens with one attached hydrogen (secondary N) is 2. The molecule has 1 aliphatic heterocycles. The van der Waals surface area contributed by atoms with E-state index in [0.29, 0.717) is 11.6 Å². The lowest BCUT2D eigenvalue weighted by Crippen LogP contribution is -2.42. The Morgan fingerprint density at radius 2 is 1.86 bits per heavy atom. The van der Waals surface area contributed by atoms with Crippen molar-refractivity contribution in [3.05, 3.63) is 106 Å². The number of amides is 1. The molecule has 5 rings (SSSR count). The number of hydrogen-bond acceptors (Lipinski definition) is 5. The summed E-state index contributed by atoms with van der Waals surface area (Å²) in [4.78, 5) is 34.4. The maximum absolute atomic E-state index is 13.2. The van der Waals surface area contributed by atoms with Crippen molar-refractivity contribution in [2.24, 2.45) is 5.92 Å². The first-order chi connectivity index (χ1) is 18.0. The van der Waals surface area contributed by atoms with Crippen LogP contribution in [0.1, 0.15) is 30.1 Å². The highest BCUT2D eigenvalue weighted by Crippen LogP contribution is 2.25. The number of rotatable bonds is 8. The lowest BCUT2D eigenvalue weighted by Gasteiger charge is -2.32. The van der Waals surface area contributed by atoms with Gasteiger partial charge >= 0.3 is 0 Å². The lowest BCUT2D eigenvalue weighted by atomic mass is 9.94. The molecule has 8 heteroatoms. The fourth-order valence-electron chi connectivity index (χ4n) is 4.72. The summed E-state index contributed by atoms with van der Waals surface area (Å²) in [6, 6.07) is 21.9. The predicted molar refractivity (Wildman–Crippen MR) is 145 cm³/mol. The van der Waals surface area contributed by atoms with Crippen molar-refractivity contribution in [2.45, 2.75) is 18.9 Å². The second-order valence-corrected chi connectivity index (χ2v) is 9.72. The summed E-state index contributed by atoms with van der Waals surface area (Å²) >= 11 is 6.07. The molecule has 1 atom stereocenters. The number of benzene rings is 2. The highest BCUT2D eigenvalue weighted by Gasteiger charge is 2.27. The Morgan fingerprint density at radius 3 is 2.62 bits per heavy atom. The van der Waals surface area contributed by atoms with Crippen molar-refractivity contribution in [3.8, 4) is 5.75 Å². The second kappa shape index (κ2) is 11.6. The molecule has 37 heavy (non-hydrogen) atoms. The van der Waals surface area contributed by atoms with Crippen molar-refractivity contribution in [3.63, 3.8) is 0 Å². The number of carbonyl (C=O) groups excluding carboxylic acids is 1. The predicted octanol–water partition coefficient (Wildman–Crippen LogP) is 4.57. The highest BCUT2D eigenvalue weighted by atomic mass is 35.5. The summed E-state index contributed by atoms with van der Waals surface area (Å²) < 4.78 is 5.93. The number of aromatic amines is 1. The number of piperidine rings is 1. The van der Waals surface area contributed by atoms with Gasteiger partial charge in [0.1, 0.15) is 12.4 Å². The van der Waals surface area contributed by atoms with Crippen LogP contribution in [0.2, 0.25) is 5.02 Å². The molecule has 0 bridgehead atoms. The van der Waals surface area contributed by atoms with Gasteiger partial charge in [0.25, 0.3) is 0 Å². The monoisotopic (exact) mass is 516 g/mol. The fourth-order valence-corrected chi connectivity index (χ4v) is 4.85. The molecule has 0 radical (unpaired) electrons. The molecule has 3 heterocycles. The summed E-state index contributed by atoms with van der Waals surface area (Å²) in [7, 11) is 0. The first-order valence-corrected chi connectivity index (χ1v) is 12.9. The number of aromatic nitrogens is 2. The summed E-state index contributed by atoms with van der Waals surface area (Å²) in [6.07, 6.45) is 3.32. The van der Waals surface area contributed by atoms with Crippen LogP contribution in [-0.2, 0) is 4.79 Å². The topological polar surface area (TPSA) is 87.3 Å². The van der Waals surface area contributed by atoms with Gasteiger partial charge in [-0.05, 0) is 79.3 Å². The molecule has 1 amide bonds. The second-order valence-electron chi connectivity index (χ2n) is 9.28. The van der Waals surface area contributed by atoms with E-state index < -0.39 is 0 Å². The first-order valence-electron chi connectivity index (χ1n) is 12.5. The van der Waals surface area contributed by atoms with E-state index in [2.05, 4.69) is 20.2 Å². The zero-order valence-electron chi connectivity index (χ0n) is 20.4. The number of pyridine rings is 2. The number of ether oxygens (including phenoxy) is 1. The van der Waals surface area contributed by atoms with Crippen molar-refractivity contribution >= 4 is 28.4 Å². The van der Waals surface area contributed by atoms with E-state index in [0.717, 1.165) is 60.4 Å². The van der Waals surface area contributed by atoms with Gasteiger partial charge in [-0.1, -0.05) is 29.8 Å². The summed E-state index contributed by atoms with van der Waals surface area (Å²) in [5.41, 5.74) is 2.38. The Balaban J connectivity index is 1.13. The van der Waals surface area contributed by atoms with Gasteiger partial charge in [-0.2, -0.15) is 0 Å². The van der Waals surface area contributed by atoms with E-state index in [9.17, 15) is 9.59 Å². The van der Waals surface area contributed by atoms with E-state index >= 15 is 0 Å². The molecule has 2 aromatic carbocycles. The fraction of sp³-hybridized carbons (Fsp3) is 0.276. The largest absolute Gasteiger partial charge is 0.492 e. The summed E-state index contributed by atoms with van der Waals surface area (Å²) in [5.74, 6) is 0.728. The molecule has 4 aromatic rings. The van der Waals surface area contributed by atoms with E-state index in [1.165, 1.54) is 6.07 Å². The van der Waals surface area contributed by atoms with Crippen LogP contribution in [0.25, 0.3) is 10.9 Å². The summed E-state index contributed by atoms with van der Waals surface area (Å²) in [5, 5.41) is 4.84. The minimum absolute atomic E-state index is 0.0478. The molecule has 7 nitrogen and oxygen atoms in total. The molecule has 2 aromatic heterocycles. The molecular weight excluding hydrogens is 488 g/mol. The lowest BCUT2D eigenvalue weighted by molar-refractivity contribution is -0.127. The van der Waals surface area contributed by atoms with Gasteiger partial charge in [0, 0.05) is 35.8 Å². The number of hydrogen-bond donors (Lipinski definition) is 2. The third-order valence-electron chi connectivity index (χ3n) is 6.80. The van der Waals surface area contributed by atoms with Gasteiger partial charge < -0.3 is 15.0 Å². The zero-order chi connectivity index (χ0) is 25.6. The van der Waals surface area contributed by atoms with Gasteiger partial charge in [0.15, 0.2) is 0 Å². The number of halogens is 1. The quantitative estimate of drug-likeness (QED) is 0.358. The summed E-state index contributed by atoms with van der Waals surface area (Å²) in [6.45, 7) is 2.99. The Hall–Kier alpha value is -3.68. The molecule has 190 valence electrons. The van der Waals surface area contributed by atoms with E-state index in [1.54, 1.807) is 12.3 Å². The molecule has 1 unspecified atom stereocenters. The highest BCUT2D eigenvalue weighted by molar-refractivity contribution is 6.30. The third-order valence-corrected chi connectivity index (χ3v) is 7.06. The minimum Gasteiger partial charge on any atom is -0.492 e. The SMILES string of the molecule is O=C(NC(c1ccc(Cl)cc1)c1ccccn1)C1CCN(CCOc2ccc3ccc(=O)[nH]c3c2)CC1. The molecular formula is C29H29ClN4O3. The van der Waals surface area contributed by atoms with Crippen LogP contribution in [0.4, 0.5) is 0 Å². The maximum atomic E-state index is 13.2. The van der Waals surface area contributed by atoms with Crippen LogP contribution in [0.15, 0.2) is 83.8 Å². The average molecular weight is 517 g/mol. The van der Waals surface area contributed by atoms with Crippen molar-refractivity contribution in [2.75, 3.05) is 26.2 Å². The van der Waals surface area contributed by atoms with Gasteiger partial charge in [0.2, 0.25) is 11.5 Å². The van der Waals surface area contributed by atoms with Crippen LogP contribution in [0.5, 0.6) is 5.75 Å². The molecule has 1 aliphatic rings. The third kappa shape index (κ3) is 6.37. The van der Waals surface area contributed by atoms with Crippen molar-refractivity contribution in [1.29, 1.82) is 0 Å². The first kappa shape index (κ1) is 25.0. The number of H-pyrrole nitrogens is 1. The minimum atomic E-state index is -0.325. The van der Waals surface area contributed by atoms with Crippen LogP contribution < -0.4 is 15.6 Å². The molecule has 0 aliphatic carbocycles. The molecule has 1 fully saturated rings. The van der Waals surface area contributed by atoms with Gasteiger partial charge in [-0.15, -0.1) is 0 Å². The Kier molecular flexibility index (Phi) is 7.82. The van der Waals surface area contributed by atoms with Crippen molar-refractivity contribution in [1.82, 2.24) is 20.2 Å². The van der Waals surface area contributed by atoms with Crippen LogP contribution in [0, 0.1) is 5.92 Å². The van der Waals surface area contributed by atoms with Gasteiger partial charge in [0.05, 0.1) is 17.3 Å². The van der Waals surface area contributed by atoms with Crippen LogP contribution in [0.3, 0.4) is 0 Å². The van der Waals surface area contributed by atoms with Crippen molar-refractivity contribution < 1.29 is 9.53 Å². The number of fused-ring (bicyclic) bond motifs is 1. The van der Waals surface area contributed by atoms with Gasteiger partial charge in [-0.25, -0.2) is 0 Å². The van der Waals surface area contributed by atoms with E-state index in [-0.39, 0.29) is 23.4 Å². The molecule has 0 spiro atoms. The zero-order valence-corrected chi connectivity index (χ0v) is 21.2. The standard InChI is InChI=1S/C29H29ClN4O3/c30-23-8-4-21(5-9-23)28(25-3-1-2-14-31-25)33-29(36)22-12-15-34(16-13-22)17-18-37-24-10-6-20-7-11-27(35)32-26(20)19-24/h1-11,14,19,22,28H,12-13,15-18H2,(H,32,35)(H,33,36). The van der Waals surface area contributed by atoms with Gasteiger partial charge in [-0.3, -0.25) is 19.5 Å². The number of likely N-dealkylation sites (tertiary alicyclic amines) is 1. The number of nitrogens with zero attached hydrogens (tertiary/aromatic N) is 2.